The van der Waals surface area contributed by atoms with Crippen LogP contribution in [0.25, 0.3) is 11.4 Å². The number of rotatable bonds is 6. The van der Waals surface area contributed by atoms with E-state index in [2.05, 4.69) is 28.2 Å². The summed E-state index contributed by atoms with van der Waals surface area (Å²) >= 11 is 1.42. The van der Waals surface area contributed by atoms with Crippen molar-refractivity contribution in [2.24, 2.45) is 0 Å². The Hall–Kier alpha value is -3.39. The second-order valence-electron chi connectivity index (χ2n) is 7.86. The fourth-order valence-electron chi connectivity index (χ4n) is 4.09. The smallest absolute Gasteiger partial charge is 0.240 e. The summed E-state index contributed by atoms with van der Waals surface area (Å²) in [5.41, 5.74) is 3.08. The third-order valence-corrected chi connectivity index (χ3v) is 6.67. The van der Waals surface area contributed by atoms with Gasteiger partial charge in [-0.15, -0.1) is 10.2 Å². The fraction of sp³-hybridized carbons (Fsp3) is 0.250. The predicted molar refractivity (Wildman–Crippen MR) is 123 cm³/mol. The largest absolute Gasteiger partial charge is 0.467 e. The third kappa shape index (κ3) is 3.82. The summed E-state index contributed by atoms with van der Waals surface area (Å²) in [5, 5.41) is 9.17. The van der Waals surface area contributed by atoms with Gasteiger partial charge in [0.25, 0.3) is 0 Å². The number of hydrogen-bond donors (Lipinski definition) is 0. The number of pyridine rings is 1. The second-order valence-corrected chi connectivity index (χ2v) is 9.17. The molecule has 0 saturated carbocycles. The van der Waals surface area contributed by atoms with Crippen molar-refractivity contribution in [3.8, 4) is 11.4 Å². The van der Waals surface area contributed by atoms with Crippen molar-refractivity contribution in [3.63, 3.8) is 0 Å². The average Bonchev–Trinajstić information content (AvgIpc) is 3.53. The van der Waals surface area contributed by atoms with Crippen LogP contribution >= 0.6 is 11.8 Å². The van der Waals surface area contributed by atoms with Gasteiger partial charge in [-0.1, -0.05) is 30.0 Å². The van der Waals surface area contributed by atoms with Crippen molar-refractivity contribution >= 4 is 23.4 Å². The SMILES string of the molecule is CC(Sc1nnc(-c2cccnc2)n1Cc1ccco1)C(=O)N1c2ccccc2CC1C. The highest BCUT2D eigenvalue weighted by molar-refractivity contribution is 8.00. The number of thioether (sulfide) groups is 1. The van der Waals surface area contributed by atoms with Crippen LogP contribution in [-0.4, -0.2) is 36.9 Å². The Morgan fingerprint density at radius 2 is 2.06 bits per heavy atom. The number of nitrogens with zero attached hydrogens (tertiary/aromatic N) is 5. The van der Waals surface area contributed by atoms with Crippen LogP contribution in [0.2, 0.25) is 0 Å². The van der Waals surface area contributed by atoms with E-state index in [1.165, 1.54) is 17.3 Å². The normalized spacial score (nSPS) is 16.2. The molecule has 8 heteroatoms. The summed E-state index contributed by atoms with van der Waals surface area (Å²) in [7, 11) is 0. The molecule has 0 spiro atoms. The van der Waals surface area contributed by atoms with Crippen LogP contribution in [0.15, 0.2) is 76.8 Å². The van der Waals surface area contributed by atoms with E-state index in [-0.39, 0.29) is 17.2 Å². The van der Waals surface area contributed by atoms with E-state index in [4.69, 9.17) is 4.42 Å². The maximum absolute atomic E-state index is 13.4. The first-order valence-corrected chi connectivity index (χ1v) is 11.4. The molecule has 1 aliphatic heterocycles. The Morgan fingerprint density at radius 1 is 1.19 bits per heavy atom. The van der Waals surface area contributed by atoms with Gasteiger partial charge in [0, 0.05) is 29.7 Å². The zero-order chi connectivity index (χ0) is 22.1. The van der Waals surface area contributed by atoms with E-state index in [0.717, 1.165) is 23.4 Å². The number of amides is 1. The maximum atomic E-state index is 13.4. The van der Waals surface area contributed by atoms with Gasteiger partial charge in [0.2, 0.25) is 5.91 Å². The van der Waals surface area contributed by atoms with Gasteiger partial charge in [-0.25, -0.2) is 0 Å². The zero-order valence-electron chi connectivity index (χ0n) is 17.9. The minimum atomic E-state index is -0.329. The molecule has 4 heterocycles. The van der Waals surface area contributed by atoms with Gasteiger partial charge in [-0.3, -0.25) is 14.3 Å². The molecule has 3 aromatic heterocycles. The van der Waals surface area contributed by atoms with Gasteiger partial charge < -0.3 is 9.32 Å². The predicted octanol–water partition coefficient (Wildman–Crippen LogP) is 4.44. The van der Waals surface area contributed by atoms with Gasteiger partial charge in [0.1, 0.15) is 5.76 Å². The first-order valence-electron chi connectivity index (χ1n) is 10.6. The van der Waals surface area contributed by atoms with Gasteiger partial charge in [0.05, 0.1) is 18.1 Å². The molecule has 5 rings (SSSR count). The molecule has 0 saturated heterocycles. The summed E-state index contributed by atoms with van der Waals surface area (Å²) < 4.78 is 7.54. The van der Waals surface area contributed by atoms with Crippen LogP contribution in [0, 0.1) is 0 Å². The molecular formula is C24H23N5O2S. The van der Waals surface area contributed by atoms with Gasteiger partial charge >= 0.3 is 0 Å². The molecule has 0 fully saturated rings. The standard InChI is InChI=1S/C24H23N5O2S/c1-16-13-18-7-3-4-10-21(18)29(16)23(30)17(2)32-24-27-26-22(19-8-5-11-25-14-19)28(24)15-20-9-6-12-31-20/h3-12,14,16-17H,13,15H2,1-2H3. The highest BCUT2D eigenvalue weighted by Gasteiger charge is 2.34. The number of hydrogen-bond acceptors (Lipinski definition) is 6. The summed E-state index contributed by atoms with van der Waals surface area (Å²) in [6.07, 6.45) is 6.00. The molecule has 1 aliphatic rings. The van der Waals surface area contributed by atoms with Crippen LogP contribution in [0.3, 0.4) is 0 Å². The topological polar surface area (TPSA) is 77.0 Å². The van der Waals surface area contributed by atoms with Crippen molar-refractivity contribution in [1.82, 2.24) is 19.7 Å². The number of fused-ring (bicyclic) bond motifs is 1. The van der Waals surface area contributed by atoms with Crippen LogP contribution in [0.4, 0.5) is 5.69 Å². The minimum Gasteiger partial charge on any atom is -0.467 e. The van der Waals surface area contributed by atoms with Crippen molar-refractivity contribution in [1.29, 1.82) is 0 Å². The molecule has 4 aromatic rings. The lowest BCUT2D eigenvalue weighted by molar-refractivity contribution is -0.118. The van der Waals surface area contributed by atoms with Crippen LogP contribution in [-0.2, 0) is 17.8 Å². The summed E-state index contributed by atoms with van der Waals surface area (Å²) in [5.74, 6) is 1.55. The number of anilines is 1. The molecule has 0 aliphatic carbocycles. The lowest BCUT2D eigenvalue weighted by atomic mass is 10.1. The summed E-state index contributed by atoms with van der Waals surface area (Å²) in [6, 6.07) is 15.8. The quantitative estimate of drug-likeness (QED) is 0.409. The Balaban J connectivity index is 1.43. The molecule has 7 nitrogen and oxygen atoms in total. The van der Waals surface area contributed by atoms with E-state index < -0.39 is 0 Å². The van der Waals surface area contributed by atoms with Gasteiger partial charge in [0.15, 0.2) is 11.0 Å². The Kier molecular flexibility index (Phi) is 5.53. The number of para-hydroxylation sites is 1. The number of benzene rings is 1. The zero-order valence-corrected chi connectivity index (χ0v) is 18.7. The first-order chi connectivity index (χ1) is 15.6. The second kappa shape index (κ2) is 8.63. The molecule has 162 valence electrons. The fourth-order valence-corrected chi connectivity index (χ4v) is 4.99. The van der Waals surface area contributed by atoms with Crippen molar-refractivity contribution in [3.05, 3.63) is 78.5 Å². The molecule has 0 N–H and O–H groups in total. The van der Waals surface area contributed by atoms with E-state index in [9.17, 15) is 4.79 Å². The Bertz CT molecular complexity index is 1220. The maximum Gasteiger partial charge on any atom is 0.240 e. The van der Waals surface area contributed by atoms with Crippen LogP contribution < -0.4 is 4.90 Å². The number of carbonyl (C=O) groups is 1. The summed E-state index contributed by atoms with van der Waals surface area (Å²) in [4.78, 5) is 19.6. The summed E-state index contributed by atoms with van der Waals surface area (Å²) in [6.45, 7) is 4.49. The van der Waals surface area contributed by atoms with E-state index >= 15 is 0 Å². The third-order valence-electron chi connectivity index (χ3n) is 5.61. The molecular weight excluding hydrogens is 422 g/mol. The number of aromatic nitrogens is 4. The van der Waals surface area contributed by atoms with Crippen LogP contribution in [0.5, 0.6) is 0 Å². The van der Waals surface area contributed by atoms with Crippen molar-refractivity contribution < 1.29 is 9.21 Å². The number of carbonyl (C=O) groups excluding carboxylic acids is 1. The molecule has 1 aromatic carbocycles. The molecule has 0 radical (unpaired) electrons. The van der Waals surface area contributed by atoms with Crippen molar-refractivity contribution in [2.75, 3.05) is 4.90 Å². The monoisotopic (exact) mass is 445 g/mol. The Labute approximate surface area is 190 Å². The lowest BCUT2D eigenvalue weighted by Gasteiger charge is -2.25. The molecule has 0 bridgehead atoms. The van der Waals surface area contributed by atoms with E-state index in [1.54, 1.807) is 18.7 Å². The Morgan fingerprint density at radius 3 is 2.84 bits per heavy atom. The van der Waals surface area contributed by atoms with Gasteiger partial charge in [-0.2, -0.15) is 0 Å². The van der Waals surface area contributed by atoms with E-state index in [0.29, 0.717) is 17.5 Å². The first kappa shape index (κ1) is 20.5. The van der Waals surface area contributed by atoms with Crippen LogP contribution in [0.1, 0.15) is 25.2 Å². The van der Waals surface area contributed by atoms with Crippen molar-refractivity contribution in [2.45, 2.75) is 43.3 Å². The lowest BCUT2D eigenvalue weighted by Crippen LogP contribution is -2.40. The highest BCUT2D eigenvalue weighted by Crippen LogP contribution is 2.35. The van der Waals surface area contributed by atoms with Gasteiger partial charge in [-0.05, 0) is 56.2 Å². The molecule has 1 amide bonds. The number of furan rings is 1. The molecule has 2 unspecified atom stereocenters. The molecule has 2 atom stereocenters. The average molecular weight is 446 g/mol. The minimum absolute atomic E-state index is 0.0722. The molecule has 32 heavy (non-hydrogen) atoms. The highest BCUT2D eigenvalue weighted by atomic mass is 32.2. The van der Waals surface area contributed by atoms with E-state index in [1.807, 2.05) is 58.9 Å².